The average molecular weight is 778 g/mol. The molecule has 3 heteroatoms. The molecule has 61 heavy (non-hydrogen) atoms. The number of nitrogens with zero attached hydrogens (tertiary/aromatic N) is 3. The molecule has 0 aliphatic heterocycles. The van der Waals surface area contributed by atoms with Crippen molar-refractivity contribution in [1.82, 2.24) is 4.57 Å². The summed E-state index contributed by atoms with van der Waals surface area (Å²) in [5.41, 5.74) is 10.1. The standard InChI is InChI=1S/C58H39N3/c1-4-24-42(25-5-1)59(51-36-18-22-40-20-10-12-30-45(40)51)53-38-55-57(49-34-16-14-32-47(49)53)58-50-35-17-15-33-48(50)54(39-56(58)61(55)44-28-8-3-9-29-44)60(43-26-6-2-7-27-43)52-37-19-23-41-21-11-13-31-46(41)52/h1-39H. The molecule has 0 radical (unpaired) electrons. The van der Waals surface area contributed by atoms with Crippen molar-refractivity contribution in [1.29, 1.82) is 0 Å². The minimum atomic E-state index is 1.10. The Bertz CT molecular complexity index is 3360. The lowest BCUT2D eigenvalue weighted by atomic mass is 9.96. The van der Waals surface area contributed by atoms with Gasteiger partial charge in [-0.05, 0) is 82.2 Å². The highest BCUT2D eigenvalue weighted by Crippen LogP contribution is 2.51. The zero-order valence-electron chi connectivity index (χ0n) is 33.4. The molecule has 0 fully saturated rings. The zero-order chi connectivity index (χ0) is 40.3. The third-order valence-corrected chi connectivity index (χ3v) is 12.3. The largest absolute Gasteiger partial charge is 0.309 e. The highest BCUT2D eigenvalue weighted by molar-refractivity contribution is 6.32. The number of benzene rings is 11. The van der Waals surface area contributed by atoms with E-state index in [0.717, 1.165) is 50.8 Å². The normalized spacial score (nSPS) is 11.6. The summed E-state index contributed by atoms with van der Waals surface area (Å²) in [7, 11) is 0. The molecular weight excluding hydrogens is 739 g/mol. The highest BCUT2D eigenvalue weighted by Gasteiger charge is 2.26. The Labute approximate surface area is 354 Å². The van der Waals surface area contributed by atoms with Crippen LogP contribution in [0.15, 0.2) is 237 Å². The van der Waals surface area contributed by atoms with Gasteiger partial charge in [0.25, 0.3) is 0 Å². The number of para-hydroxylation sites is 3. The molecule has 1 aromatic heterocycles. The Kier molecular flexibility index (Phi) is 8.17. The number of hydrogen-bond acceptors (Lipinski definition) is 2. The molecule has 1 heterocycles. The van der Waals surface area contributed by atoms with E-state index in [-0.39, 0.29) is 0 Å². The topological polar surface area (TPSA) is 11.4 Å². The van der Waals surface area contributed by atoms with Crippen LogP contribution in [0.2, 0.25) is 0 Å². The molecule has 286 valence electrons. The fraction of sp³-hybridized carbons (Fsp3) is 0. The molecule has 0 saturated carbocycles. The molecule has 0 aliphatic rings. The predicted molar refractivity (Wildman–Crippen MR) is 260 cm³/mol. The van der Waals surface area contributed by atoms with Crippen LogP contribution in [0.3, 0.4) is 0 Å². The quantitative estimate of drug-likeness (QED) is 0.160. The van der Waals surface area contributed by atoms with E-state index in [1.165, 1.54) is 53.9 Å². The van der Waals surface area contributed by atoms with Crippen molar-refractivity contribution in [3.8, 4) is 5.69 Å². The van der Waals surface area contributed by atoms with Gasteiger partial charge in [0.1, 0.15) is 0 Å². The second-order valence-corrected chi connectivity index (χ2v) is 15.7. The van der Waals surface area contributed by atoms with Gasteiger partial charge in [-0.2, -0.15) is 0 Å². The maximum atomic E-state index is 2.50. The van der Waals surface area contributed by atoms with Crippen LogP contribution in [-0.4, -0.2) is 4.57 Å². The molecule has 0 aliphatic carbocycles. The minimum absolute atomic E-state index is 1.10. The summed E-state index contributed by atoms with van der Waals surface area (Å²) in [6, 6.07) is 86.0. The maximum Gasteiger partial charge on any atom is 0.0568 e. The molecule has 0 N–H and O–H groups in total. The first-order valence-electron chi connectivity index (χ1n) is 20.9. The van der Waals surface area contributed by atoms with Crippen LogP contribution in [0, 0.1) is 0 Å². The van der Waals surface area contributed by atoms with Gasteiger partial charge in [-0.1, -0.05) is 176 Å². The van der Waals surface area contributed by atoms with Crippen LogP contribution in [0.4, 0.5) is 34.1 Å². The van der Waals surface area contributed by atoms with E-state index in [1.807, 2.05) is 0 Å². The summed E-state index contributed by atoms with van der Waals surface area (Å²) >= 11 is 0. The van der Waals surface area contributed by atoms with Crippen molar-refractivity contribution < 1.29 is 0 Å². The van der Waals surface area contributed by atoms with Crippen LogP contribution in [0.25, 0.3) is 70.6 Å². The maximum absolute atomic E-state index is 2.50. The first-order chi connectivity index (χ1) is 30.3. The first kappa shape index (κ1) is 34.9. The number of anilines is 6. The Morgan fingerprint density at radius 3 is 1.05 bits per heavy atom. The fourth-order valence-corrected chi connectivity index (χ4v) is 9.69. The molecule has 0 bridgehead atoms. The Morgan fingerprint density at radius 2 is 0.607 bits per heavy atom. The van der Waals surface area contributed by atoms with Crippen molar-refractivity contribution in [2.75, 3.05) is 9.80 Å². The van der Waals surface area contributed by atoms with E-state index in [2.05, 4.69) is 251 Å². The van der Waals surface area contributed by atoms with E-state index in [9.17, 15) is 0 Å². The van der Waals surface area contributed by atoms with Gasteiger partial charge in [0, 0.05) is 49.4 Å². The Balaban J connectivity index is 1.25. The average Bonchev–Trinajstić information content (AvgIpc) is 3.67. The summed E-state index contributed by atoms with van der Waals surface area (Å²) in [5, 5.41) is 12.1. The molecule has 0 atom stereocenters. The van der Waals surface area contributed by atoms with E-state index in [0.29, 0.717) is 0 Å². The molecule has 12 rings (SSSR count). The van der Waals surface area contributed by atoms with E-state index < -0.39 is 0 Å². The van der Waals surface area contributed by atoms with Crippen molar-refractivity contribution in [3.63, 3.8) is 0 Å². The van der Waals surface area contributed by atoms with Gasteiger partial charge in [-0.15, -0.1) is 0 Å². The Hall–Kier alpha value is -8.14. The van der Waals surface area contributed by atoms with E-state index in [1.54, 1.807) is 0 Å². The van der Waals surface area contributed by atoms with Crippen LogP contribution >= 0.6 is 0 Å². The third kappa shape index (κ3) is 5.59. The van der Waals surface area contributed by atoms with Crippen molar-refractivity contribution in [3.05, 3.63) is 237 Å². The van der Waals surface area contributed by atoms with Gasteiger partial charge in [-0.25, -0.2) is 0 Å². The first-order valence-corrected chi connectivity index (χ1v) is 20.9. The molecule has 11 aromatic carbocycles. The van der Waals surface area contributed by atoms with Gasteiger partial charge < -0.3 is 14.4 Å². The van der Waals surface area contributed by atoms with E-state index in [4.69, 9.17) is 0 Å². The summed E-state index contributed by atoms with van der Waals surface area (Å²) in [6.07, 6.45) is 0. The fourth-order valence-electron chi connectivity index (χ4n) is 9.69. The highest BCUT2D eigenvalue weighted by atomic mass is 15.2. The van der Waals surface area contributed by atoms with Crippen LogP contribution in [-0.2, 0) is 0 Å². The lowest BCUT2D eigenvalue weighted by molar-refractivity contribution is 1.18. The van der Waals surface area contributed by atoms with Crippen LogP contribution in [0.1, 0.15) is 0 Å². The molecular formula is C58H39N3. The third-order valence-electron chi connectivity index (χ3n) is 12.3. The second kappa shape index (κ2) is 14.3. The van der Waals surface area contributed by atoms with Crippen LogP contribution in [0.5, 0.6) is 0 Å². The summed E-state index contributed by atoms with van der Waals surface area (Å²) in [4.78, 5) is 4.91. The molecule has 0 amide bonds. The van der Waals surface area contributed by atoms with Crippen molar-refractivity contribution in [2.24, 2.45) is 0 Å². The van der Waals surface area contributed by atoms with Crippen molar-refractivity contribution in [2.45, 2.75) is 0 Å². The number of fused-ring (bicyclic) bond motifs is 9. The minimum Gasteiger partial charge on any atom is -0.309 e. The zero-order valence-corrected chi connectivity index (χ0v) is 33.4. The second-order valence-electron chi connectivity index (χ2n) is 15.7. The SMILES string of the molecule is c1ccc(N(c2cccc3ccccc23)c2cc3c(c4ccccc24)c2c4ccccc4c(N(c4ccccc4)c4cccc5ccccc45)cc2n3-c2ccccc2)cc1. The lowest BCUT2D eigenvalue weighted by Gasteiger charge is -2.28. The van der Waals surface area contributed by atoms with E-state index >= 15 is 0 Å². The van der Waals surface area contributed by atoms with Crippen molar-refractivity contribution >= 4 is 99.0 Å². The van der Waals surface area contributed by atoms with Gasteiger partial charge in [0.15, 0.2) is 0 Å². The monoisotopic (exact) mass is 777 g/mol. The summed E-state index contributed by atoms with van der Waals surface area (Å²) in [5.74, 6) is 0. The summed E-state index contributed by atoms with van der Waals surface area (Å²) in [6.45, 7) is 0. The Morgan fingerprint density at radius 1 is 0.262 bits per heavy atom. The molecule has 3 nitrogen and oxygen atoms in total. The molecule has 0 saturated heterocycles. The van der Waals surface area contributed by atoms with Crippen LogP contribution < -0.4 is 9.80 Å². The lowest BCUT2D eigenvalue weighted by Crippen LogP contribution is -2.11. The number of rotatable bonds is 7. The summed E-state index contributed by atoms with van der Waals surface area (Å²) < 4.78 is 2.50. The van der Waals surface area contributed by atoms with Gasteiger partial charge >= 0.3 is 0 Å². The number of aromatic nitrogens is 1. The molecule has 0 spiro atoms. The molecule has 0 unspecified atom stereocenters. The predicted octanol–water partition coefficient (Wildman–Crippen LogP) is 16.3. The van der Waals surface area contributed by atoms with Gasteiger partial charge in [0.2, 0.25) is 0 Å². The van der Waals surface area contributed by atoms with Gasteiger partial charge in [-0.3, -0.25) is 0 Å². The number of hydrogen-bond donors (Lipinski definition) is 0. The van der Waals surface area contributed by atoms with Gasteiger partial charge in [0.05, 0.1) is 33.8 Å². The molecule has 12 aromatic rings. The smallest absolute Gasteiger partial charge is 0.0568 e.